The average molecular weight is 289 g/mol. The summed E-state index contributed by atoms with van der Waals surface area (Å²) in [6.07, 6.45) is 6.70. The Hall–Kier alpha value is -0.860. The van der Waals surface area contributed by atoms with E-state index in [0.717, 1.165) is 25.5 Å². The van der Waals surface area contributed by atoms with Crippen LogP contribution in [0.4, 0.5) is 0 Å². The molecule has 0 saturated heterocycles. The third-order valence-corrected chi connectivity index (χ3v) is 4.44. The molecule has 1 aromatic carbocycles. The third kappa shape index (κ3) is 6.19. The van der Waals surface area contributed by atoms with Crippen LogP contribution in [0.3, 0.4) is 0 Å². The van der Waals surface area contributed by atoms with Gasteiger partial charge in [-0.1, -0.05) is 45.0 Å². The summed E-state index contributed by atoms with van der Waals surface area (Å²) < 4.78 is 6.06. The maximum absolute atomic E-state index is 6.06. The Labute approximate surface area is 130 Å². The minimum Gasteiger partial charge on any atom is -0.374 e. The molecule has 2 nitrogen and oxygen atoms in total. The molecule has 0 bridgehead atoms. The van der Waals surface area contributed by atoms with E-state index < -0.39 is 0 Å². The van der Waals surface area contributed by atoms with Gasteiger partial charge in [-0.25, -0.2) is 0 Å². The van der Waals surface area contributed by atoms with E-state index >= 15 is 0 Å². The fourth-order valence-corrected chi connectivity index (χ4v) is 2.92. The lowest BCUT2D eigenvalue weighted by atomic mass is 9.89. The molecule has 1 aliphatic rings. The first kappa shape index (κ1) is 16.5. The predicted molar refractivity (Wildman–Crippen MR) is 89.5 cm³/mol. The van der Waals surface area contributed by atoms with Gasteiger partial charge in [0.05, 0.1) is 12.7 Å². The van der Waals surface area contributed by atoms with Gasteiger partial charge in [-0.2, -0.15) is 0 Å². The van der Waals surface area contributed by atoms with E-state index in [9.17, 15) is 0 Å². The molecule has 0 aromatic heterocycles. The molecule has 0 spiro atoms. The number of hydrogen-bond acceptors (Lipinski definition) is 2. The number of nitrogens with one attached hydrogen (secondary N) is 1. The SMILES string of the molecule is CC1CCC(OCc2ccc(CCNC(C)C)cc2)CC1. The number of benzene rings is 1. The van der Waals surface area contributed by atoms with Crippen LogP contribution in [-0.4, -0.2) is 18.7 Å². The van der Waals surface area contributed by atoms with Gasteiger partial charge in [-0.3, -0.25) is 0 Å². The maximum Gasteiger partial charge on any atom is 0.0720 e. The van der Waals surface area contributed by atoms with Crippen LogP contribution in [-0.2, 0) is 17.8 Å². The highest BCUT2D eigenvalue weighted by Crippen LogP contribution is 2.26. The van der Waals surface area contributed by atoms with Crippen molar-refractivity contribution in [1.82, 2.24) is 5.32 Å². The van der Waals surface area contributed by atoms with Crippen molar-refractivity contribution in [2.45, 2.75) is 71.6 Å². The zero-order valence-electron chi connectivity index (χ0n) is 13.9. The molecule has 0 aliphatic heterocycles. The lowest BCUT2D eigenvalue weighted by Gasteiger charge is -2.26. The Kier molecular flexibility index (Phi) is 6.72. The Morgan fingerprint density at radius 2 is 1.67 bits per heavy atom. The highest BCUT2D eigenvalue weighted by Gasteiger charge is 2.18. The second-order valence-corrected chi connectivity index (χ2v) is 6.87. The van der Waals surface area contributed by atoms with E-state index in [1.54, 1.807) is 0 Å². The maximum atomic E-state index is 6.06. The van der Waals surface area contributed by atoms with Crippen molar-refractivity contribution in [3.05, 3.63) is 35.4 Å². The molecule has 2 rings (SSSR count). The summed E-state index contributed by atoms with van der Waals surface area (Å²) >= 11 is 0. The van der Waals surface area contributed by atoms with Crippen molar-refractivity contribution < 1.29 is 4.74 Å². The van der Waals surface area contributed by atoms with Crippen LogP contribution in [0.5, 0.6) is 0 Å². The van der Waals surface area contributed by atoms with E-state index in [4.69, 9.17) is 4.74 Å². The number of ether oxygens (including phenoxy) is 1. The molecule has 1 N–H and O–H groups in total. The van der Waals surface area contributed by atoms with Crippen LogP contribution in [0, 0.1) is 5.92 Å². The average Bonchev–Trinajstić information content (AvgIpc) is 2.48. The summed E-state index contributed by atoms with van der Waals surface area (Å²) in [5.74, 6) is 0.892. The van der Waals surface area contributed by atoms with Crippen molar-refractivity contribution in [3.8, 4) is 0 Å². The second-order valence-electron chi connectivity index (χ2n) is 6.87. The molecule has 1 aliphatic carbocycles. The van der Waals surface area contributed by atoms with Gasteiger partial charge in [0.1, 0.15) is 0 Å². The summed E-state index contributed by atoms with van der Waals surface area (Å²) in [5, 5.41) is 3.46. The Bertz CT molecular complexity index is 391. The molecule has 1 aromatic rings. The highest BCUT2D eigenvalue weighted by molar-refractivity contribution is 5.22. The van der Waals surface area contributed by atoms with Crippen molar-refractivity contribution in [2.75, 3.05) is 6.54 Å². The van der Waals surface area contributed by atoms with Crippen molar-refractivity contribution >= 4 is 0 Å². The molecule has 0 radical (unpaired) electrons. The Balaban J connectivity index is 1.69. The van der Waals surface area contributed by atoms with Gasteiger partial charge in [0.25, 0.3) is 0 Å². The molecule has 0 unspecified atom stereocenters. The predicted octanol–water partition coefficient (Wildman–Crippen LogP) is 4.32. The minimum absolute atomic E-state index is 0.483. The first-order valence-corrected chi connectivity index (χ1v) is 8.56. The fourth-order valence-electron chi connectivity index (χ4n) is 2.92. The summed E-state index contributed by atoms with van der Waals surface area (Å²) in [7, 11) is 0. The quantitative estimate of drug-likeness (QED) is 0.807. The van der Waals surface area contributed by atoms with E-state index in [0.29, 0.717) is 12.1 Å². The second kappa shape index (κ2) is 8.55. The third-order valence-electron chi connectivity index (χ3n) is 4.44. The zero-order chi connectivity index (χ0) is 15.1. The van der Waals surface area contributed by atoms with Gasteiger partial charge >= 0.3 is 0 Å². The van der Waals surface area contributed by atoms with Gasteiger partial charge in [-0.05, 0) is 55.7 Å². The van der Waals surface area contributed by atoms with Crippen LogP contribution < -0.4 is 5.32 Å². The van der Waals surface area contributed by atoms with Crippen LogP contribution in [0.25, 0.3) is 0 Å². The standard InChI is InChI=1S/C19H31NO/c1-15(2)20-13-12-17-6-8-18(9-7-17)14-21-19-10-4-16(3)5-11-19/h6-9,15-16,19-20H,4-5,10-14H2,1-3H3. The molecule has 0 amide bonds. The van der Waals surface area contributed by atoms with E-state index in [1.165, 1.54) is 36.8 Å². The molecular formula is C19H31NO. The van der Waals surface area contributed by atoms with E-state index in [-0.39, 0.29) is 0 Å². The molecule has 1 saturated carbocycles. The fraction of sp³-hybridized carbons (Fsp3) is 0.684. The van der Waals surface area contributed by atoms with Crippen LogP contribution in [0.1, 0.15) is 57.6 Å². The topological polar surface area (TPSA) is 21.3 Å². The van der Waals surface area contributed by atoms with E-state index in [2.05, 4.69) is 50.4 Å². The largest absolute Gasteiger partial charge is 0.374 e. The lowest BCUT2D eigenvalue weighted by molar-refractivity contribution is 0.00877. The van der Waals surface area contributed by atoms with Gasteiger partial charge in [0, 0.05) is 6.04 Å². The molecule has 1 fully saturated rings. The smallest absolute Gasteiger partial charge is 0.0720 e. The van der Waals surface area contributed by atoms with Crippen LogP contribution in [0.2, 0.25) is 0 Å². The van der Waals surface area contributed by atoms with E-state index in [1.807, 2.05) is 0 Å². The Morgan fingerprint density at radius 3 is 2.29 bits per heavy atom. The monoisotopic (exact) mass is 289 g/mol. The number of hydrogen-bond donors (Lipinski definition) is 1. The van der Waals surface area contributed by atoms with Gasteiger partial charge in [-0.15, -0.1) is 0 Å². The normalized spacial score (nSPS) is 22.7. The summed E-state index contributed by atoms with van der Waals surface area (Å²) in [5.41, 5.74) is 2.70. The van der Waals surface area contributed by atoms with Gasteiger partial charge in [0.2, 0.25) is 0 Å². The first-order valence-electron chi connectivity index (χ1n) is 8.56. The summed E-state index contributed by atoms with van der Waals surface area (Å²) in [4.78, 5) is 0. The highest BCUT2D eigenvalue weighted by atomic mass is 16.5. The molecular weight excluding hydrogens is 258 g/mol. The van der Waals surface area contributed by atoms with Gasteiger partial charge < -0.3 is 10.1 Å². The molecule has 2 heteroatoms. The summed E-state index contributed by atoms with van der Waals surface area (Å²) in [6, 6.07) is 9.48. The number of rotatable bonds is 7. The lowest BCUT2D eigenvalue weighted by Crippen LogP contribution is -2.24. The first-order chi connectivity index (χ1) is 10.1. The van der Waals surface area contributed by atoms with Crippen molar-refractivity contribution in [2.24, 2.45) is 5.92 Å². The molecule has 0 atom stereocenters. The molecule has 118 valence electrons. The molecule has 21 heavy (non-hydrogen) atoms. The summed E-state index contributed by atoms with van der Waals surface area (Å²) in [6.45, 7) is 8.54. The minimum atomic E-state index is 0.483. The van der Waals surface area contributed by atoms with Crippen LogP contribution >= 0.6 is 0 Å². The Morgan fingerprint density at radius 1 is 1.05 bits per heavy atom. The zero-order valence-corrected chi connectivity index (χ0v) is 13.9. The molecule has 0 heterocycles. The van der Waals surface area contributed by atoms with Crippen molar-refractivity contribution in [1.29, 1.82) is 0 Å². The van der Waals surface area contributed by atoms with Crippen LogP contribution in [0.15, 0.2) is 24.3 Å². The van der Waals surface area contributed by atoms with Crippen molar-refractivity contribution in [3.63, 3.8) is 0 Å². The van der Waals surface area contributed by atoms with Gasteiger partial charge in [0.15, 0.2) is 0 Å².